The second-order valence-corrected chi connectivity index (χ2v) is 9.35. The molecule has 1 fully saturated rings. The Balaban J connectivity index is 1.67. The van der Waals surface area contributed by atoms with Crippen LogP contribution in [0.4, 0.5) is 4.79 Å². The third-order valence-electron chi connectivity index (χ3n) is 5.14. The van der Waals surface area contributed by atoms with Crippen molar-refractivity contribution in [2.45, 2.75) is 64.0 Å². The number of nitrogens with one attached hydrogen (secondary N) is 1. The largest absolute Gasteiger partial charge is 0.444 e. The highest BCUT2D eigenvalue weighted by Gasteiger charge is 2.49. The molecule has 0 spiro atoms. The third-order valence-corrected chi connectivity index (χ3v) is 6.22. The number of rotatable bonds is 2. The van der Waals surface area contributed by atoms with Crippen molar-refractivity contribution in [3.8, 4) is 0 Å². The smallest absolute Gasteiger partial charge is 0.410 e. The summed E-state index contributed by atoms with van der Waals surface area (Å²) in [6, 6.07) is 4.14. The van der Waals surface area contributed by atoms with Crippen molar-refractivity contribution in [2.75, 3.05) is 6.54 Å². The maximum absolute atomic E-state index is 12.8. The summed E-state index contributed by atoms with van der Waals surface area (Å²) in [5.74, 6) is 0.736. The number of carbonyl (C=O) groups excluding carboxylic acids is 1. The van der Waals surface area contributed by atoms with Crippen molar-refractivity contribution in [3.63, 3.8) is 0 Å². The predicted octanol–water partition coefficient (Wildman–Crippen LogP) is 3.59. The fraction of sp³-hybridized carbons (Fsp3) is 0.550. The van der Waals surface area contributed by atoms with E-state index in [0.29, 0.717) is 30.8 Å². The molecule has 2 aromatic heterocycles. The van der Waals surface area contributed by atoms with Crippen LogP contribution in [0.1, 0.15) is 62.0 Å². The van der Waals surface area contributed by atoms with E-state index in [4.69, 9.17) is 9.72 Å². The van der Waals surface area contributed by atoms with Crippen LogP contribution in [0, 0.1) is 0 Å². The van der Waals surface area contributed by atoms with Gasteiger partial charge in [0.25, 0.3) is 5.56 Å². The molecule has 0 atom stereocenters. The number of amides is 1. The quantitative estimate of drug-likeness (QED) is 0.854. The van der Waals surface area contributed by atoms with Gasteiger partial charge < -0.3 is 14.6 Å². The molecule has 7 heteroatoms. The van der Waals surface area contributed by atoms with E-state index in [-0.39, 0.29) is 17.1 Å². The Morgan fingerprint density at radius 3 is 2.78 bits per heavy atom. The SMILES string of the molecule is CC(C)(C)OC(=O)N1CCCc2c(nc(C3(c4cccs4)CC3)[nH]c2=O)C1. The Bertz CT molecular complexity index is 908. The van der Waals surface area contributed by atoms with Crippen LogP contribution in [0.2, 0.25) is 0 Å². The zero-order valence-corrected chi connectivity index (χ0v) is 16.8. The number of ether oxygens (including phenoxy) is 1. The first kappa shape index (κ1) is 18.2. The van der Waals surface area contributed by atoms with E-state index in [0.717, 1.165) is 25.1 Å². The van der Waals surface area contributed by atoms with Crippen LogP contribution in [-0.4, -0.2) is 33.1 Å². The van der Waals surface area contributed by atoms with E-state index in [1.807, 2.05) is 26.8 Å². The summed E-state index contributed by atoms with van der Waals surface area (Å²) in [4.78, 5) is 36.1. The maximum Gasteiger partial charge on any atom is 0.410 e. The molecular weight excluding hydrogens is 362 g/mol. The topological polar surface area (TPSA) is 75.3 Å². The maximum atomic E-state index is 12.8. The summed E-state index contributed by atoms with van der Waals surface area (Å²) in [5, 5.41) is 2.06. The minimum absolute atomic E-state index is 0.0659. The standard InChI is InChI=1S/C20H25N3O3S/c1-19(2,3)26-18(25)23-10-4-6-13-14(12-23)21-17(22-16(13)24)20(8-9-20)15-7-5-11-27-15/h5,7,11H,4,6,8-10,12H2,1-3H3,(H,21,22,24). The van der Waals surface area contributed by atoms with Crippen LogP contribution in [0.5, 0.6) is 0 Å². The Morgan fingerprint density at radius 2 is 2.15 bits per heavy atom. The molecule has 3 heterocycles. The van der Waals surface area contributed by atoms with Gasteiger partial charge in [-0.2, -0.15) is 0 Å². The fourth-order valence-electron chi connectivity index (χ4n) is 3.62. The number of hydrogen-bond acceptors (Lipinski definition) is 5. The van der Waals surface area contributed by atoms with Crippen molar-refractivity contribution in [3.05, 3.63) is 49.8 Å². The molecule has 4 rings (SSSR count). The van der Waals surface area contributed by atoms with E-state index in [9.17, 15) is 9.59 Å². The summed E-state index contributed by atoms with van der Waals surface area (Å²) in [7, 11) is 0. The van der Waals surface area contributed by atoms with Gasteiger partial charge in [-0.25, -0.2) is 9.78 Å². The third kappa shape index (κ3) is 3.52. The van der Waals surface area contributed by atoms with Gasteiger partial charge in [0.05, 0.1) is 17.7 Å². The first-order valence-electron chi connectivity index (χ1n) is 9.43. The predicted molar refractivity (Wildman–Crippen MR) is 104 cm³/mol. The second-order valence-electron chi connectivity index (χ2n) is 8.40. The molecule has 0 bridgehead atoms. The molecule has 1 saturated carbocycles. The number of carbonyl (C=O) groups is 1. The Morgan fingerprint density at radius 1 is 1.37 bits per heavy atom. The zero-order valence-electron chi connectivity index (χ0n) is 16.0. The van der Waals surface area contributed by atoms with Gasteiger partial charge >= 0.3 is 6.09 Å². The van der Waals surface area contributed by atoms with Gasteiger partial charge in [0.2, 0.25) is 0 Å². The summed E-state index contributed by atoms with van der Waals surface area (Å²) in [6.07, 6.45) is 2.99. The van der Waals surface area contributed by atoms with Gasteiger partial charge in [-0.1, -0.05) is 6.07 Å². The fourth-order valence-corrected chi connectivity index (χ4v) is 4.61. The minimum Gasteiger partial charge on any atom is -0.444 e. The molecule has 2 aromatic rings. The van der Waals surface area contributed by atoms with Gasteiger partial charge in [-0.15, -0.1) is 11.3 Å². The van der Waals surface area contributed by atoms with Crippen molar-refractivity contribution in [1.29, 1.82) is 0 Å². The van der Waals surface area contributed by atoms with E-state index in [1.54, 1.807) is 16.2 Å². The number of thiophene rings is 1. The average molecular weight is 388 g/mol. The zero-order chi connectivity index (χ0) is 19.2. The van der Waals surface area contributed by atoms with Crippen LogP contribution >= 0.6 is 11.3 Å². The van der Waals surface area contributed by atoms with E-state index >= 15 is 0 Å². The average Bonchev–Trinajstić information content (AvgIpc) is 3.27. The van der Waals surface area contributed by atoms with Crippen LogP contribution in [-0.2, 0) is 23.1 Å². The molecule has 1 amide bonds. The molecule has 0 radical (unpaired) electrons. The van der Waals surface area contributed by atoms with Crippen LogP contribution in [0.3, 0.4) is 0 Å². The lowest BCUT2D eigenvalue weighted by molar-refractivity contribution is 0.0234. The molecule has 1 aliphatic carbocycles. The number of aromatic nitrogens is 2. The van der Waals surface area contributed by atoms with Crippen molar-refractivity contribution in [2.24, 2.45) is 0 Å². The molecule has 0 aromatic carbocycles. The first-order chi connectivity index (χ1) is 12.8. The number of aromatic amines is 1. The van der Waals surface area contributed by atoms with Crippen LogP contribution in [0.15, 0.2) is 22.3 Å². The second kappa shape index (κ2) is 6.48. The lowest BCUT2D eigenvalue weighted by Crippen LogP contribution is -2.37. The van der Waals surface area contributed by atoms with Crippen molar-refractivity contribution < 1.29 is 9.53 Å². The summed E-state index contributed by atoms with van der Waals surface area (Å²) < 4.78 is 5.52. The van der Waals surface area contributed by atoms with Gasteiger partial charge in [0.15, 0.2) is 0 Å². The summed E-state index contributed by atoms with van der Waals surface area (Å²) in [5.41, 5.74) is 0.636. The summed E-state index contributed by atoms with van der Waals surface area (Å²) in [6.45, 7) is 6.46. The Labute approximate surface area is 162 Å². The monoisotopic (exact) mass is 387 g/mol. The number of hydrogen-bond donors (Lipinski definition) is 1. The highest BCUT2D eigenvalue weighted by molar-refractivity contribution is 7.10. The number of nitrogens with zero attached hydrogens (tertiary/aromatic N) is 2. The lowest BCUT2D eigenvalue weighted by Gasteiger charge is -2.26. The highest BCUT2D eigenvalue weighted by Crippen LogP contribution is 2.53. The molecule has 27 heavy (non-hydrogen) atoms. The van der Waals surface area contributed by atoms with Crippen molar-refractivity contribution in [1.82, 2.24) is 14.9 Å². The highest BCUT2D eigenvalue weighted by atomic mass is 32.1. The Hall–Kier alpha value is -2.15. The molecule has 0 saturated heterocycles. The van der Waals surface area contributed by atoms with Gasteiger partial charge in [-0.05, 0) is 57.9 Å². The number of fused-ring (bicyclic) bond motifs is 1. The lowest BCUT2D eigenvalue weighted by atomic mass is 10.0. The van der Waals surface area contributed by atoms with E-state index in [1.165, 1.54) is 4.88 Å². The molecule has 1 aliphatic heterocycles. The molecule has 1 N–H and O–H groups in total. The molecule has 144 valence electrons. The van der Waals surface area contributed by atoms with Gasteiger partial charge in [0, 0.05) is 17.0 Å². The molecular formula is C20H25N3O3S. The minimum atomic E-state index is -0.545. The Kier molecular flexibility index (Phi) is 4.37. The van der Waals surface area contributed by atoms with Gasteiger partial charge in [-0.3, -0.25) is 4.79 Å². The van der Waals surface area contributed by atoms with Crippen molar-refractivity contribution >= 4 is 17.4 Å². The molecule has 0 unspecified atom stereocenters. The van der Waals surface area contributed by atoms with E-state index < -0.39 is 5.60 Å². The van der Waals surface area contributed by atoms with E-state index in [2.05, 4.69) is 16.4 Å². The van der Waals surface area contributed by atoms with Crippen LogP contribution < -0.4 is 5.56 Å². The summed E-state index contributed by atoms with van der Waals surface area (Å²) >= 11 is 1.70. The first-order valence-corrected chi connectivity index (χ1v) is 10.3. The van der Waals surface area contributed by atoms with Gasteiger partial charge in [0.1, 0.15) is 11.4 Å². The molecule has 2 aliphatic rings. The normalized spacial score (nSPS) is 18.6. The number of H-pyrrole nitrogens is 1. The molecule has 6 nitrogen and oxygen atoms in total. The van der Waals surface area contributed by atoms with Crippen LogP contribution in [0.25, 0.3) is 0 Å².